The molecular weight excluding hydrogens is 450 g/mol. The summed E-state index contributed by atoms with van der Waals surface area (Å²) in [7, 11) is -3.65. The maximum absolute atomic E-state index is 13.2. The zero-order valence-electron chi connectivity index (χ0n) is 19.9. The molecule has 182 valence electrons. The van der Waals surface area contributed by atoms with Crippen LogP contribution < -0.4 is 5.32 Å². The summed E-state index contributed by atoms with van der Waals surface area (Å²) < 4.78 is 28.0. The molecule has 0 aromatic heterocycles. The summed E-state index contributed by atoms with van der Waals surface area (Å²) in [5.74, 6) is -0.275. The Morgan fingerprint density at radius 3 is 2.32 bits per heavy atom. The van der Waals surface area contributed by atoms with Crippen LogP contribution in [0.1, 0.15) is 70.9 Å². The smallest absolute Gasteiger partial charge is 0.253 e. The van der Waals surface area contributed by atoms with E-state index in [1.807, 2.05) is 24.0 Å². The van der Waals surface area contributed by atoms with Crippen molar-refractivity contribution in [1.82, 2.24) is 14.5 Å². The van der Waals surface area contributed by atoms with Crippen LogP contribution in [0, 0.1) is 6.92 Å². The first-order valence-electron chi connectivity index (χ1n) is 12.1. The number of nitrogens with zero attached hydrogens (tertiary/aromatic N) is 2. The molecule has 2 aliphatic rings. The molecule has 0 spiro atoms. The normalized spacial score (nSPS) is 19.2. The molecule has 7 nitrogen and oxygen atoms in total. The van der Waals surface area contributed by atoms with Crippen LogP contribution in [0.4, 0.5) is 0 Å². The first-order chi connectivity index (χ1) is 16.3. The van der Waals surface area contributed by atoms with Crippen LogP contribution in [0.3, 0.4) is 0 Å². The van der Waals surface area contributed by atoms with Crippen molar-refractivity contribution < 1.29 is 18.0 Å². The van der Waals surface area contributed by atoms with Gasteiger partial charge in [-0.3, -0.25) is 9.59 Å². The molecular formula is C26H33N3O4S. The Kier molecular flexibility index (Phi) is 7.38. The van der Waals surface area contributed by atoms with Gasteiger partial charge in [-0.2, -0.15) is 4.31 Å². The topological polar surface area (TPSA) is 86.8 Å². The highest BCUT2D eigenvalue weighted by Crippen LogP contribution is 2.26. The molecule has 2 saturated heterocycles. The standard InChI is InChI=1S/C26H33N3O4S/c1-19-8-13-23(34(32,33)29-16-4-3-7-20(29)2)17-24(19)25(30)27-18-21-9-11-22(12-10-21)26(31)28-14-5-6-15-28/h8-13,17,20H,3-7,14-16,18H2,1-2H3,(H,27,30). The second kappa shape index (κ2) is 10.3. The average molecular weight is 484 g/mol. The van der Waals surface area contributed by atoms with Crippen LogP contribution in [0.15, 0.2) is 47.4 Å². The molecule has 0 bridgehead atoms. The van der Waals surface area contributed by atoms with Crippen LogP contribution >= 0.6 is 0 Å². The molecule has 2 amide bonds. The third kappa shape index (κ3) is 5.18. The molecule has 1 N–H and O–H groups in total. The number of aryl methyl sites for hydroxylation is 1. The van der Waals surface area contributed by atoms with E-state index in [2.05, 4.69) is 5.32 Å². The number of carbonyl (C=O) groups is 2. The zero-order valence-corrected chi connectivity index (χ0v) is 20.7. The van der Waals surface area contributed by atoms with Crippen molar-refractivity contribution in [3.63, 3.8) is 0 Å². The number of likely N-dealkylation sites (tertiary alicyclic amines) is 1. The molecule has 1 unspecified atom stereocenters. The van der Waals surface area contributed by atoms with Gasteiger partial charge in [0.25, 0.3) is 11.8 Å². The Morgan fingerprint density at radius 2 is 1.65 bits per heavy atom. The van der Waals surface area contributed by atoms with Gasteiger partial charge in [-0.25, -0.2) is 8.42 Å². The summed E-state index contributed by atoms with van der Waals surface area (Å²) in [4.78, 5) is 27.4. The van der Waals surface area contributed by atoms with Gasteiger partial charge < -0.3 is 10.2 Å². The predicted molar refractivity (Wildman–Crippen MR) is 131 cm³/mol. The van der Waals surface area contributed by atoms with E-state index in [9.17, 15) is 18.0 Å². The Bertz CT molecular complexity index is 1160. The molecule has 2 heterocycles. The van der Waals surface area contributed by atoms with Crippen LogP contribution in [-0.2, 0) is 16.6 Å². The van der Waals surface area contributed by atoms with Gasteiger partial charge >= 0.3 is 0 Å². The van der Waals surface area contributed by atoms with Crippen LogP contribution in [0.5, 0.6) is 0 Å². The summed E-state index contributed by atoms with van der Waals surface area (Å²) in [6.45, 7) is 6.14. The fourth-order valence-corrected chi connectivity index (χ4v) is 6.44. The van der Waals surface area contributed by atoms with Crippen LogP contribution in [-0.4, -0.2) is 55.1 Å². The Hall–Kier alpha value is -2.71. The van der Waals surface area contributed by atoms with E-state index in [1.165, 1.54) is 6.07 Å². The summed E-state index contributed by atoms with van der Waals surface area (Å²) in [6, 6.07) is 12.0. The lowest BCUT2D eigenvalue weighted by Crippen LogP contribution is -2.42. The zero-order chi connectivity index (χ0) is 24.3. The molecule has 2 aromatic rings. The van der Waals surface area contributed by atoms with E-state index in [0.717, 1.165) is 56.3 Å². The molecule has 0 aliphatic carbocycles. The van der Waals surface area contributed by atoms with E-state index < -0.39 is 10.0 Å². The number of rotatable bonds is 6. The minimum absolute atomic E-state index is 0.0438. The number of amides is 2. The van der Waals surface area contributed by atoms with Crippen molar-refractivity contribution in [2.24, 2.45) is 0 Å². The van der Waals surface area contributed by atoms with Gasteiger partial charge in [0.05, 0.1) is 4.90 Å². The molecule has 2 aromatic carbocycles. The first-order valence-corrected chi connectivity index (χ1v) is 13.5. The van der Waals surface area contributed by atoms with E-state index in [4.69, 9.17) is 0 Å². The van der Waals surface area contributed by atoms with Gasteiger partial charge in [-0.05, 0) is 74.9 Å². The van der Waals surface area contributed by atoms with E-state index in [1.54, 1.807) is 35.5 Å². The second-order valence-electron chi connectivity index (χ2n) is 9.32. The van der Waals surface area contributed by atoms with Gasteiger partial charge in [0.15, 0.2) is 0 Å². The van der Waals surface area contributed by atoms with Gasteiger partial charge in [0, 0.05) is 43.3 Å². The monoisotopic (exact) mass is 483 g/mol. The largest absolute Gasteiger partial charge is 0.348 e. The van der Waals surface area contributed by atoms with Crippen molar-refractivity contribution in [3.8, 4) is 0 Å². The van der Waals surface area contributed by atoms with Gasteiger partial charge in [0.1, 0.15) is 0 Å². The molecule has 2 aliphatic heterocycles. The molecule has 34 heavy (non-hydrogen) atoms. The molecule has 4 rings (SSSR count). The SMILES string of the molecule is Cc1ccc(S(=O)(=O)N2CCCCC2C)cc1C(=O)NCc1ccc(C(=O)N2CCCC2)cc1. The lowest BCUT2D eigenvalue weighted by Gasteiger charge is -2.32. The number of hydrogen-bond donors (Lipinski definition) is 1. The van der Waals surface area contributed by atoms with Gasteiger partial charge in [0.2, 0.25) is 10.0 Å². The summed E-state index contributed by atoms with van der Waals surface area (Å²) in [6.07, 6.45) is 4.83. The highest BCUT2D eigenvalue weighted by atomic mass is 32.2. The lowest BCUT2D eigenvalue weighted by molar-refractivity contribution is 0.0792. The number of sulfonamides is 1. The predicted octanol–water partition coefficient (Wildman–Crippen LogP) is 3.72. The minimum atomic E-state index is -3.65. The lowest BCUT2D eigenvalue weighted by atomic mass is 10.1. The summed E-state index contributed by atoms with van der Waals surface area (Å²) >= 11 is 0. The average Bonchev–Trinajstić information content (AvgIpc) is 3.38. The van der Waals surface area contributed by atoms with Gasteiger partial charge in [-0.15, -0.1) is 0 Å². The number of carbonyl (C=O) groups excluding carboxylic acids is 2. The van der Waals surface area contributed by atoms with Crippen molar-refractivity contribution in [2.45, 2.75) is 63.4 Å². The van der Waals surface area contributed by atoms with Crippen molar-refractivity contribution in [3.05, 3.63) is 64.7 Å². The maximum atomic E-state index is 13.2. The maximum Gasteiger partial charge on any atom is 0.253 e. The Labute approximate surface area is 202 Å². The first kappa shape index (κ1) is 24.4. The molecule has 0 radical (unpaired) electrons. The van der Waals surface area contributed by atoms with E-state index in [0.29, 0.717) is 17.7 Å². The fourth-order valence-electron chi connectivity index (χ4n) is 4.72. The highest BCUT2D eigenvalue weighted by molar-refractivity contribution is 7.89. The number of benzene rings is 2. The molecule has 1 atom stereocenters. The molecule has 0 saturated carbocycles. The van der Waals surface area contributed by atoms with E-state index in [-0.39, 0.29) is 29.3 Å². The summed E-state index contributed by atoms with van der Waals surface area (Å²) in [5, 5.41) is 2.88. The van der Waals surface area contributed by atoms with Gasteiger partial charge in [-0.1, -0.05) is 24.6 Å². The van der Waals surface area contributed by atoms with E-state index >= 15 is 0 Å². The fraction of sp³-hybridized carbons (Fsp3) is 0.462. The number of piperidine rings is 1. The third-order valence-corrected chi connectivity index (χ3v) is 8.86. The number of nitrogens with one attached hydrogen (secondary N) is 1. The second-order valence-corrected chi connectivity index (χ2v) is 11.2. The molecule has 8 heteroatoms. The molecule has 2 fully saturated rings. The minimum Gasteiger partial charge on any atom is -0.348 e. The van der Waals surface area contributed by atoms with Crippen molar-refractivity contribution in [1.29, 1.82) is 0 Å². The summed E-state index contributed by atoms with van der Waals surface area (Å²) in [5.41, 5.74) is 2.59. The third-order valence-electron chi connectivity index (χ3n) is 6.85. The van der Waals surface area contributed by atoms with Crippen LogP contribution in [0.2, 0.25) is 0 Å². The van der Waals surface area contributed by atoms with Crippen molar-refractivity contribution >= 4 is 21.8 Å². The Balaban J connectivity index is 1.43. The van der Waals surface area contributed by atoms with Crippen molar-refractivity contribution in [2.75, 3.05) is 19.6 Å². The van der Waals surface area contributed by atoms with Crippen LogP contribution in [0.25, 0.3) is 0 Å². The highest BCUT2D eigenvalue weighted by Gasteiger charge is 2.31. The Morgan fingerprint density at radius 1 is 0.971 bits per heavy atom. The quantitative estimate of drug-likeness (QED) is 0.678. The number of hydrogen-bond acceptors (Lipinski definition) is 4.